The number of thioether (sulfide) groups is 3. The van der Waals surface area contributed by atoms with E-state index >= 15 is 0 Å². The van der Waals surface area contributed by atoms with E-state index in [2.05, 4.69) is 114 Å². The number of unbranched alkanes of at least 4 members (excludes halogenated alkanes) is 36. The number of halogens is 3. The van der Waals surface area contributed by atoms with Crippen LogP contribution >= 0.6 is 83.1 Å². The lowest BCUT2D eigenvalue weighted by Gasteiger charge is -2.23. The smallest absolute Gasteiger partial charge is 0.408 e. The second-order valence-corrected chi connectivity index (χ2v) is 38.7. The summed E-state index contributed by atoms with van der Waals surface area (Å²) in [5.74, 6) is 7.59. The van der Waals surface area contributed by atoms with Crippen molar-refractivity contribution in [1.29, 1.82) is 0 Å². The van der Waals surface area contributed by atoms with Gasteiger partial charge >= 0.3 is 12.2 Å². The van der Waals surface area contributed by atoms with Gasteiger partial charge in [-0.25, -0.2) is 9.59 Å². The molecule has 2 heterocycles. The van der Waals surface area contributed by atoms with Crippen molar-refractivity contribution in [2.24, 2.45) is 11.5 Å². The number of alkyl carbamates (subject to hydrolysis) is 1. The zero-order valence-electron chi connectivity index (χ0n) is 74.0. The zero-order valence-corrected chi connectivity index (χ0v) is 81.3. The number of benzene rings is 3. The lowest BCUT2D eigenvalue weighted by Crippen LogP contribution is -2.44. The molecule has 0 fully saturated rings. The quantitative estimate of drug-likeness (QED) is 0.0234. The molecule has 0 aromatic heterocycles. The normalized spacial score (nSPS) is 12.4. The molecule has 1 unspecified atom stereocenters. The Balaban J connectivity index is 0.00000146. The lowest BCUT2D eigenvalue weighted by atomic mass is 9.98. The Labute approximate surface area is 745 Å². The number of imide groups is 2. The number of ether oxygens (including phenoxy) is 2. The van der Waals surface area contributed by atoms with Gasteiger partial charge in [-0.05, 0) is 214 Å². The highest BCUT2D eigenvalue weighted by molar-refractivity contribution is 9.09. The van der Waals surface area contributed by atoms with Crippen LogP contribution < -0.4 is 16.8 Å². The Bertz CT molecular complexity index is 2830. The van der Waals surface area contributed by atoms with Gasteiger partial charge in [0.2, 0.25) is 0 Å². The molecule has 666 valence electrons. The summed E-state index contributed by atoms with van der Waals surface area (Å²) in [4.78, 5) is 86.7. The van der Waals surface area contributed by atoms with E-state index in [-0.39, 0.29) is 35.2 Å². The Hall–Kier alpha value is -3.60. The molecule has 5 rings (SSSR count). The highest BCUT2D eigenvalue weighted by atomic mass is 79.9. The lowest BCUT2D eigenvalue weighted by molar-refractivity contribution is -0.121. The molecular formula is C95H162Br3N5O10S3. The van der Waals surface area contributed by atoms with Crippen LogP contribution in [0.15, 0.2) is 72.8 Å². The number of hydrogen-bond donors (Lipinski definition) is 4. The number of fused-ring (bicyclic) bond motifs is 2. The van der Waals surface area contributed by atoms with Crippen LogP contribution in [0.25, 0.3) is 0 Å². The number of alkyl halides is 3. The second-order valence-electron chi connectivity index (χ2n) is 32.6. The van der Waals surface area contributed by atoms with E-state index in [1.807, 2.05) is 12.1 Å². The van der Waals surface area contributed by atoms with Crippen LogP contribution in [-0.2, 0) is 20.7 Å². The van der Waals surface area contributed by atoms with Crippen molar-refractivity contribution in [1.82, 2.24) is 15.1 Å². The molecule has 0 radical (unpaired) electrons. The third kappa shape index (κ3) is 64.3. The van der Waals surface area contributed by atoms with Gasteiger partial charge in [-0.3, -0.25) is 33.8 Å². The fourth-order valence-electron chi connectivity index (χ4n) is 12.9. The van der Waals surface area contributed by atoms with Crippen molar-refractivity contribution in [3.8, 4) is 5.75 Å². The molecule has 2 aliphatic rings. The summed E-state index contributed by atoms with van der Waals surface area (Å²) >= 11 is 16.6. The van der Waals surface area contributed by atoms with Gasteiger partial charge in [-0.15, -0.1) is 0 Å². The first-order valence-electron chi connectivity index (χ1n) is 45.3. The van der Waals surface area contributed by atoms with Crippen LogP contribution in [0.1, 0.15) is 398 Å². The minimum atomic E-state index is -0.725. The summed E-state index contributed by atoms with van der Waals surface area (Å²) in [5, 5.41) is 15.7. The van der Waals surface area contributed by atoms with Crippen LogP contribution in [0.2, 0.25) is 0 Å². The average molecular weight is 1870 g/mol. The Morgan fingerprint density at radius 3 is 0.948 bits per heavy atom. The van der Waals surface area contributed by atoms with E-state index in [1.54, 1.807) is 102 Å². The summed E-state index contributed by atoms with van der Waals surface area (Å²) < 4.78 is 9.94. The van der Waals surface area contributed by atoms with Crippen molar-refractivity contribution in [3.05, 3.63) is 101 Å². The molecule has 0 saturated carbocycles. The van der Waals surface area contributed by atoms with Gasteiger partial charge in [-0.1, -0.05) is 304 Å². The monoisotopic (exact) mass is 1870 g/mol. The fourth-order valence-corrected chi connectivity index (χ4v) is 17.1. The van der Waals surface area contributed by atoms with E-state index in [1.165, 1.54) is 286 Å². The number of rotatable bonds is 62. The molecule has 1 atom stereocenters. The summed E-state index contributed by atoms with van der Waals surface area (Å²) in [6.45, 7) is 19.5. The van der Waals surface area contributed by atoms with Gasteiger partial charge in [-0.2, -0.15) is 35.3 Å². The first kappa shape index (κ1) is 112. The van der Waals surface area contributed by atoms with Gasteiger partial charge < -0.3 is 31.4 Å². The van der Waals surface area contributed by atoms with Gasteiger partial charge in [0.1, 0.15) is 17.0 Å². The van der Waals surface area contributed by atoms with Crippen LogP contribution in [0.3, 0.4) is 0 Å². The SMILES string of the molecule is BrCCCCCCCBr.CC(C)(C)OC(N)=O.CCCCCCCCSCCCCCCCCC(=O)C(Cc1ccc(O)cc1)NC(=O)OC(C)(C)C.CCCCCCCCSCCCCCCCN.CCCCCCCCSCCCCCCCN1C(=O)c2ccccc2C1=O.O=C1c2ccccc2C(=O)N1CCCCCCCBr. The molecule has 0 saturated heterocycles. The average Bonchev–Trinajstić information content (AvgIpc) is 1.65. The molecule has 0 bridgehead atoms. The third-order valence-corrected chi connectivity index (χ3v) is 24.6. The molecule has 6 amide bonds. The Kier molecular flexibility index (Phi) is 75.1. The van der Waals surface area contributed by atoms with Crippen molar-refractivity contribution < 1.29 is 48.1 Å². The number of phenols is 1. The van der Waals surface area contributed by atoms with Gasteiger partial charge in [0.05, 0.1) is 28.3 Å². The molecule has 0 spiro atoms. The molecule has 3 aromatic rings. The topological polar surface area (TPSA) is 229 Å². The minimum Gasteiger partial charge on any atom is -0.508 e. The molecule has 21 heteroatoms. The largest absolute Gasteiger partial charge is 0.508 e. The second kappa shape index (κ2) is 77.5. The Morgan fingerprint density at radius 2 is 0.672 bits per heavy atom. The summed E-state index contributed by atoms with van der Waals surface area (Å²) in [6.07, 6.45) is 56.3. The predicted molar refractivity (Wildman–Crippen MR) is 511 cm³/mol. The highest BCUT2D eigenvalue weighted by Gasteiger charge is 2.36. The standard InChI is InChI=1S/C30H51NO4S.C23H35NO2S.C15H18BrNO2.C15H33NS.C7H14Br2.C5H11NO2/c1-5-6-7-8-12-15-22-36-23-16-13-10-9-11-14-17-28(33)27(31-29(34)35-30(2,3)4)24-25-18-20-26(32)21-19-25;1-2-3-4-5-8-13-18-27-19-14-9-6-7-12-17-24-22(25)20-15-10-11-16-21(20)23(24)26;16-10-6-2-1-3-7-11-17-14(18)12-8-4-5-9-13(12)15(17)19;1-2-3-4-5-8-11-14-17-15-12-9-6-7-10-13-16;8-6-4-2-1-3-5-7-9;1-5(2,3)8-4(6)7/h18-21,27,32H,5-17,22-24H2,1-4H3,(H,31,34);10-11,15-16H,2-9,12-14,17-19H2,1H3;4-5,8-9H,1-3,6-7,10-11H2;2-16H2,1H3;1-7H2;1-3H3,(H2,6,7). The van der Waals surface area contributed by atoms with E-state index in [9.17, 15) is 38.7 Å². The predicted octanol–water partition coefficient (Wildman–Crippen LogP) is 27.8. The first-order valence-corrected chi connectivity index (χ1v) is 52.1. The summed E-state index contributed by atoms with van der Waals surface area (Å²) in [6, 6.07) is 20.3. The molecule has 2 aliphatic heterocycles. The third-order valence-electron chi connectivity index (χ3n) is 19.5. The van der Waals surface area contributed by atoms with E-state index < -0.39 is 29.4 Å². The van der Waals surface area contributed by atoms with E-state index in [0.717, 1.165) is 68.8 Å². The highest BCUT2D eigenvalue weighted by Crippen LogP contribution is 2.26. The van der Waals surface area contributed by atoms with Gasteiger partial charge in [0.15, 0.2) is 5.78 Å². The number of carbonyl (C=O) groups is 7. The fraction of sp³-hybridized carbons (Fsp3) is 0.737. The Morgan fingerprint density at radius 1 is 0.397 bits per heavy atom. The van der Waals surface area contributed by atoms with Crippen molar-refractivity contribution in [2.75, 3.05) is 70.1 Å². The molecular weight excluding hydrogens is 1710 g/mol. The number of Topliss-reactive ketones (excluding diaryl/α,β-unsaturated/α-hetero) is 1. The maximum absolute atomic E-state index is 12.9. The molecule has 3 aromatic carbocycles. The van der Waals surface area contributed by atoms with E-state index in [4.69, 9.17) is 16.2 Å². The molecule has 116 heavy (non-hydrogen) atoms. The number of primary amides is 1. The van der Waals surface area contributed by atoms with Crippen molar-refractivity contribution in [3.63, 3.8) is 0 Å². The van der Waals surface area contributed by atoms with Gasteiger partial charge in [0.25, 0.3) is 23.6 Å². The molecule has 0 aliphatic carbocycles. The van der Waals surface area contributed by atoms with Crippen molar-refractivity contribution >= 4 is 125 Å². The minimum absolute atomic E-state index is 0.0278. The number of amides is 6. The number of nitrogens with two attached hydrogens (primary N) is 2. The molecule has 6 N–H and O–H groups in total. The maximum Gasteiger partial charge on any atom is 0.408 e. The number of nitrogens with zero attached hydrogens (tertiary/aromatic N) is 2. The number of ketones is 1. The maximum atomic E-state index is 12.9. The number of aromatic hydroxyl groups is 1. The summed E-state index contributed by atoms with van der Waals surface area (Å²) in [7, 11) is 0. The van der Waals surface area contributed by atoms with Crippen LogP contribution in [-0.4, -0.2) is 144 Å². The zero-order chi connectivity index (χ0) is 86.0. The number of carbonyl (C=O) groups excluding carboxylic acids is 7. The van der Waals surface area contributed by atoms with E-state index in [0.29, 0.717) is 48.2 Å². The molecule has 15 nitrogen and oxygen atoms in total. The van der Waals surface area contributed by atoms with Gasteiger partial charge in [0, 0.05) is 35.5 Å². The van der Waals surface area contributed by atoms with Crippen LogP contribution in [0, 0.1) is 0 Å². The van der Waals surface area contributed by atoms with Crippen LogP contribution in [0.5, 0.6) is 5.75 Å². The van der Waals surface area contributed by atoms with Crippen LogP contribution in [0.4, 0.5) is 9.59 Å². The number of nitrogens with one attached hydrogen (secondary N) is 1. The van der Waals surface area contributed by atoms with Crippen molar-refractivity contribution in [2.45, 2.75) is 375 Å². The number of hydrogen-bond acceptors (Lipinski definition) is 14. The number of phenolic OH excluding ortho intramolecular Hbond substituents is 1. The summed E-state index contributed by atoms with van der Waals surface area (Å²) in [5.41, 5.74) is 12.2. The first-order chi connectivity index (χ1) is 56.0.